The van der Waals surface area contributed by atoms with Crippen molar-refractivity contribution in [2.75, 3.05) is 12.4 Å². The van der Waals surface area contributed by atoms with Crippen molar-refractivity contribution < 1.29 is 44.7 Å². The first kappa shape index (κ1) is 17.0. The topological polar surface area (TPSA) is 53.6 Å². The van der Waals surface area contributed by atoms with E-state index in [0.29, 0.717) is 0 Å². The maximum absolute atomic E-state index is 3.85. The molecule has 1 rings (SSSR count). The first-order valence-electron chi connectivity index (χ1n) is 4.42. The second-order valence-electron chi connectivity index (χ2n) is 2.95. The van der Waals surface area contributed by atoms with E-state index >= 15 is 0 Å². The number of quaternary nitrogens is 1. The zero-order valence-electron chi connectivity index (χ0n) is 8.98. The fraction of sp³-hybridized carbons (Fsp3) is 0.300. The van der Waals surface area contributed by atoms with Gasteiger partial charge in [0.15, 0.2) is 0 Å². The van der Waals surface area contributed by atoms with E-state index < -0.39 is 0 Å². The van der Waals surface area contributed by atoms with Gasteiger partial charge in [-0.15, -0.1) is 0 Å². The van der Waals surface area contributed by atoms with Gasteiger partial charge < -0.3 is 39.7 Å². The second-order valence-corrected chi connectivity index (χ2v) is 2.95. The lowest BCUT2D eigenvalue weighted by atomic mass is 10.2. The molecular formula is C10H17Br2N3. The van der Waals surface area contributed by atoms with Crippen LogP contribution in [0.1, 0.15) is 12.5 Å². The van der Waals surface area contributed by atoms with Crippen molar-refractivity contribution in [3.63, 3.8) is 0 Å². The molecule has 1 aromatic rings. The van der Waals surface area contributed by atoms with Gasteiger partial charge in [0.1, 0.15) is 5.69 Å². The fourth-order valence-electron chi connectivity index (χ4n) is 1.08. The molecule has 1 aromatic carbocycles. The zero-order chi connectivity index (χ0) is 9.68. The Hall–Kier alpha value is -0.390. The molecule has 0 aliphatic heterocycles. The average Bonchev–Trinajstić information content (AvgIpc) is 2.18. The van der Waals surface area contributed by atoms with Gasteiger partial charge >= 0.3 is 0 Å². The van der Waals surface area contributed by atoms with Crippen molar-refractivity contribution in [3.8, 4) is 0 Å². The van der Waals surface area contributed by atoms with Crippen molar-refractivity contribution in [2.45, 2.75) is 13.5 Å². The normalized spacial score (nSPS) is 9.93. The van der Waals surface area contributed by atoms with Crippen LogP contribution < -0.4 is 50.0 Å². The van der Waals surface area contributed by atoms with Gasteiger partial charge in [-0.05, 0) is 12.1 Å². The van der Waals surface area contributed by atoms with E-state index in [0.717, 1.165) is 18.1 Å². The molecule has 0 aliphatic rings. The Labute approximate surface area is 112 Å². The standard InChI is InChI=1S/C10H15N3.2BrH/c1-8(12-2)13-10-5-3-4-9(6-10)7-11;;/h3-6H,7,11H2,1-2H3,(H,12,13);2*1H. The lowest BCUT2D eigenvalue weighted by molar-refractivity contribution is -0.420. The first-order valence-corrected chi connectivity index (χ1v) is 4.42. The maximum atomic E-state index is 3.85. The Bertz CT molecular complexity index is 313. The highest BCUT2D eigenvalue weighted by Crippen LogP contribution is 2.08. The zero-order valence-corrected chi connectivity index (χ0v) is 12.2. The van der Waals surface area contributed by atoms with E-state index in [-0.39, 0.29) is 34.0 Å². The summed E-state index contributed by atoms with van der Waals surface area (Å²) in [6, 6.07) is 8.26. The molecule has 0 unspecified atom stereocenters. The molecule has 0 aromatic heterocycles. The summed E-state index contributed by atoms with van der Waals surface area (Å²) in [5.74, 6) is 1.04. The summed E-state index contributed by atoms with van der Waals surface area (Å²) in [5.41, 5.74) is 6.20. The number of hydrogen-bond acceptors (Lipinski definition) is 0. The lowest BCUT2D eigenvalue weighted by Gasteiger charge is -1.99. The smallest absolute Gasteiger partial charge is 0.244 e. The third-order valence-electron chi connectivity index (χ3n) is 1.92. The van der Waals surface area contributed by atoms with Crippen LogP contribution in [0.25, 0.3) is 0 Å². The molecule has 0 fully saturated rings. The number of benzene rings is 1. The van der Waals surface area contributed by atoms with Crippen molar-refractivity contribution in [1.82, 2.24) is 0 Å². The molecule has 0 aliphatic carbocycles. The molecule has 0 saturated heterocycles. The quantitative estimate of drug-likeness (QED) is 0.364. The van der Waals surface area contributed by atoms with Crippen LogP contribution >= 0.6 is 0 Å². The van der Waals surface area contributed by atoms with Crippen LogP contribution in [0.2, 0.25) is 0 Å². The molecule has 0 spiro atoms. The van der Waals surface area contributed by atoms with Crippen molar-refractivity contribution in [2.24, 2.45) is 0 Å². The summed E-state index contributed by atoms with van der Waals surface area (Å²) in [6.07, 6.45) is 0. The van der Waals surface area contributed by atoms with Gasteiger partial charge in [-0.2, -0.15) is 0 Å². The number of anilines is 1. The van der Waals surface area contributed by atoms with Crippen LogP contribution in [0.3, 0.4) is 0 Å². The van der Waals surface area contributed by atoms with E-state index in [1.54, 1.807) is 0 Å². The predicted molar refractivity (Wildman–Crippen MR) is 54.2 cm³/mol. The molecule has 3 nitrogen and oxygen atoms in total. The minimum Gasteiger partial charge on any atom is -1.00 e. The number of rotatable bonds is 2. The highest BCUT2D eigenvalue weighted by Gasteiger charge is 2.00. The molecule has 0 atom stereocenters. The van der Waals surface area contributed by atoms with Gasteiger partial charge in [0.25, 0.3) is 0 Å². The predicted octanol–water partition coefficient (Wildman–Crippen LogP) is -7.02. The number of nitrogens with one attached hydrogen (secondary N) is 2. The summed E-state index contributed by atoms with van der Waals surface area (Å²) in [4.78, 5) is 3.04. The Morgan fingerprint density at radius 2 is 2.07 bits per heavy atom. The number of hydrogen-bond donors (Lipinski definition) is 3. The van der Waals surface area contributed by atoms with Gasteiger partial charge in [0, 0.05) is 12.5 Å². The summed E-state index contributed by atoms with van der Waals surface area (Å²) in [7, 11) is 1.90. The number of halogens is 2. The molecule has 86 valence electrons. The Morgan fingerprint density at radius 3 is 2.60 bits per heavy atom. The summed E-state index contributed by atoms with van der Waals surface area (Å²) in [6.45, 7) is 2.82. The minimum absolute atomic E-state index is 0. The highest BCUT2D eigenvalue weighted by molar-refractivity contribution is 5.88. The Kier molecular flexibility index (Phi) is 10.1. The summed E-state index contributed by atoms with van der Waals surface area (Å²) < 4.78 is 0. The Morgan fingerprint density at radius 1 is 1.40 bits per heavy atom. The van der Waals surface area contributed by atoms with Gasteiger partial charge in [-0.25, -0.2) is 5.32 Å². The van der Waals surface area contributed by atoms with Crippen molar-refractivity contribution in [3.05, 3.63) is 29.8 Å². The van der Waals surface area contributed by atoms with Crippen LogP contribution in [-0.4, -0.2) is 12.9 Å². The van der Waals surface area contributed by atoms with Gasteiger partial charge in [-0.1, -0.05) is 12.1 Å². The third kappa shape index (κ3) is 5.92. The van der Waals surface area contributed by atoms with E-state index in [9.17, 15) is 0 Å². The maximum Gasteiger partial charge on any atom is 0.244 e. The van der Waals surface area contributed by atoms with Crippen molar-refractivity contribution in [1.29, 1.82) is 0 Å². The molecule has 0 amide bonds. The van der Waals surface area contributed by atoms with Crippen LogP contribution in [0, 0.1) is 0 Å². The van der Waals surface area contributed by atoms with Crippen LogP contribution in [-0.2, 0) is 6.54 Å². The van der Waals surface area contributed by atoms with E-state index in [2.05, 4.69) is 28.2 Å². The lowest BCUT2D eigenvalue weighted by Crippen LogP contribution is -3.00. The van der Waals surface area contributed by atoms with Crippen LogP contribution in [0.5, 0.6) is 0 Å². The van der Waals surface area contributed by atoms with Gasteiger partial charge in [-0.3, -0.25) is 4.99 Å². The second kappa shape index (κ2) is 8.88. The highest BCUT2D eigenvalue weighted by atomic mass is 79.9. The Balaban J connectivity index is 0. The minimum atomic E-state index is 0. The van der Waals surface area contributed by atoms with E-state index in [4.69, 9.17) is 0 Å². The molecule has 5 N–H and O–H groups in total. The molecule has 0 heterocycles. The van der Waals surface area contributed by atoms with Crippen LogP contribution in [0.4, 0.5) is 5.69 Å². The molecule has 0 radical (unpaired) electrons. The molecule has 5 heteroatoms. The number of amidine groups is 1. The molecule has 0 bridgehead atoms. The first-order chi connectivity index (χ1) is 6.26. The monoisotopic (exact) mass is 337 g/mol. The average molecular weight is 339 g/mol. The van der Waals surface area contributed by atoms with Gasteiger partial charge in [0.2, 0.25) is 5.84 Å². The molecule has 0 saturated carbocycles. The summed E-state index contributed by atoms with van der Waals surface area (Å²) in [5, 5.41) is 3.24. The SMILES string of the molecule is C[NH+]=C(C)Nc1cccc(C[NH3+])c1.[Br-].[Br-]. The third-order valence-corrected chi connectivity index (χ3v) is 1.92. The summed E-state index contributed by atoms with van der Waals surface area (Å²) >= 11 is 0. The van der Waals surface area contributed by atoms with Crippen molar-refractivity contribution >= 4 is 11.5 Å². The van der Waals surface area contributed by atoms with Crippen LogP contribution in [0.15, 0.2) is 24.3 Å². The van der Waals surface area contributed by atoms with E-state index in [1.807, 2.05) is 26.1 Å². The largest absolute Gasteiger partial charge is 1.00 e. The van der Waals surface area contributed by atoms with E-state index in [1.165, 1.54) is 5.56 Å². The fourth-order valence-corrected chi connectivity index (χ4v) is 1.08. The molecule has 15 heavy (non-hydrogen) atoms. The van der Waals surface area contributed by atoms with Gasteiger partial charge in [0.05, 0.1) is 13.6 Å². The molecular weight excluding hydrogens is 322 g/mol.